The molecule has 3 heterocycles. The first-order valence-electron chi connectivity index (χ1n) is 12.0. The SMILES string of the molecule is C=CCn1c(SCC(=O)N=C2C(=O)N(c3ccccc3)N(C)C2C)nc2scc(-c3ccccc3)c2c1=O. The van der Waals surface area contributed by atoms with Gasteiger partial charge in [-0.3, -0.25) is 19.0 Å². The maximum Gasteiger partial charge on any atom is 0.289 e. The summed E-state index contributed by atoms with van der Waals surface area (Å²) in [6.07, 6.45) is 1.63. The highest BCUT2D eigenvalue weighted by Gasteiger charge is 2.40. The second-order valence-electron chi connectivity index (χ2n) is 8.68. The zero-order chi connectivity index (χ0) is 26.8. The molecule has 1 aliphatic rings. The fourth-order valence-corrected chi connectivity index (χ4v) is 6.10. The van der Waals surface area contributed by atoms with Gasteiger partial charge in [0.25, 0.3) is 17.4 Å². The number of thiophene rings is 1. The summed E-state index contributed by atoms with van der Waals surface area (Å²) in [5.74, 6) is -0.867. The van der Waals surface area contributed by atoms with Crippen LogP contribution in [0.3, 0.4) is 0 Å². The van der Waals surface area contributed by atoms with E-state index in [2.05, 4.69) is 11.6 Å². The Balaban J connectivity index is 1.41. The van der Waals surface area contributed by atoms with Crippen LogP contribution in [0.25, 0.3) is 21.3 Å². The molecule has 1 atom stereocenters. The molecule has 2 amide bonds. The largest absolute Gasteiger partial charge is 0.289 e. The fourth-order valence-electron chi connectivity index (χ4n) is 4.32. The summed E-state index contributed by atoms with van der Waals surface area (Å²) in [6, 6.07) is 18.6. The Morgan fingerprint density at radius 2 is 1.82 bits per heavy atom. The normalized spacial score (nSPS) is 17.0. The van der Waals surface area contributed by atoms with Crippen LogP contribution in [0, 0.1) is 0 Å². The highest BCUT2D eigenvalue weighted by molar-refractivity contribution is 7.99. The lowest BCUT2D eigenvalue weighted by Crippen LogP contribution is -2.38. The Labute approximate surface area is 227 Å². The van der Waals surface area contributed by atoms with Crippen molar-refractivity contribution in [1.29, 1.82) is 0 Å². The minimum atomic E-state index is -0.468. The van der Waals surface area contributed by atoms with Gasteiger partial charge in [0.15, 0.2) is 5.16 Å². The molecule has 1 fully saturated rings. The first-order valence-corrected chi connectivity index (χ1v) is 13.8. The minimum Gasteiger partial charge on any atom is -0.283 e. The Morgan fingerprint density at radius 3 is 2.50 bits per heavy atom. The quantitative estimate of drug-likeness (QED) is 0.192. The van der Waals surface area contributed by atoms with Crippen molar-refractivity contribution < 1.29 is 9.59 Å². The number of benzene rings is 2. The molecule has 1 saturated heterocycles. The molecule has 38 heavy (non-hydrogen) atoms. The van der Waals surface area contributed by atoms with Crippen molar-refractivity contribution in [1.82, 2.24) is 14.6 Å². The molecule has 1 unspecified atom stereocenters. The lowest BCUT2D eigenvalue weighted by atomic mass is 10.1. The second-order valence-corrected chi connectivity index (χ2v) is 10.5. The van der Waals surface area contributed by atoms with Crippen LogP contribution in [0.5, 0.6) is 0 Å². The summed E-state index contributed by atoms with van der Waals surface area (Å²) in [6.45, 7) is 5.86. The second kappa shape index (κ2) is 10.9. The van der Waals surface area contributed by atoms with Crippen molar-refractivity contribution in [2.75, 3.05) is 17.8 Å². The first-order chi connectivity index (χ1) is 18.4. The molecular formula is C28H25N5O3S2. The number of carbonyl (C=O) groups is 2. The number of para-hydroxylation sites is 1. The molecule has 4 aromatic rings. The number of anilines is 1. The van der Waals surface area contributed by atoms with E-state index in [1.54, 1.807) is 18.1 Å². The molecule has 0 aliphatic carbocycles. The number of carbonyl (C=O) groups excluding carboxylic acids is 2. The first kappa shape index (κ1) is 25.8. The molecule has 0 spiro atoms. The summed E-state index contributed by atoms with van der Waals surface area (Å²) < 4.78 is 1.52. The highest BCUT2D eigenvalue weighted by Crippen LogP contribution is 2.32. The van der Waals surface area contributed by atoms with Crippen LogP contribution >= 0.6 is 23.1 Å². The number of allylic oxidation sites excluding steroid dienone is 1. The van der Waals surface area contributed by atoms with Crippen molar-refractivity contribution >= 4 is 56.5 Å². The van der Waals surface area contributed by atoms with Crippen LogP contribution in [-0.4, -0.2) is 50.9 Å². The average molecular weight is 544 g/mol. The molecule has 0 radical (unpaired) electrons. The van der Waals surface area contributed by atoms with Gasteiger partial charge in [0.05, 0.1) is 22.9 Å². The van der Waals surface area contributed by atoms with Crippen molar-refractivity contribution in [2.24, 2.45) is 4.99 Å². The molecule has 192 valence electrons. The van der Waals surface area contributed by atoms with Crippen molar-refractivity contribution in [3.8, 4) is 11.1 Å². The highest BCUT2D eigenvalue weighted by atomic mass is 32.2. The van der Waals surface area contributed by atoms with Gasteiger partial charge in [-0.05, 0) is 24.6 Å². The lowest BCUT2D eigenvalue weighted by Gasteiger charge is -2.25. The third-order valence-corrected chi connectivity index (χ3v) is 8.14. The maximum absolute atomic E-state index is 13.5. The fraction of sp³-hybridized carbons (Fsp3) is 0.179. The van der Waals surface area contributed by atoms with E-state index in [9.17, 15) is 14.4 Å². The van der Waals surface area contributed by atoms with Crippen molar-refractivity contribution in [3.05, 3.63) is 89.1 Å². The van der Waals surface area contributed by atoms with Gasteiger partial charge in [-0.1, -0.05) is 66.4 Å². The number of rotatable bonds is 7. The molecule has 1 aliphatic heterocycles. The Kier molecular flexibility index (Phi) is 7.37. The summed E-state index contributed by atoms with van der Waals surface area (Å²) in [5, 5.41) is 6.16. The molecular weight excluding hydrogens is 518 g/mol. The van der Waals surface area contributed by atoms with Crippen molar-refractivity contribution in [3.63, 3.8) is 0 Å². The van der Waals surface area contributed by atoms with E-state index >= 15 is 0 Å². The van der Waals surface area contributed by atoms with Gasteiger partial charge in [0.2, 0.25) is 0 Å². The van der Waals surface area contributed by atoms with Crippen LogP contribution in [0.15, 0.2) is 93.6 Å². The van der Waals surface area contributed by atoms with Crippen LogP contribution in [0.2, 0.25) is 0 Å². The number of thioether (sulfide) groups is 1. The maximum atomic E-state index is 13.5. The van der Waals surface area contributed by atoms with Gasteiger partial charge < -0.3 is 0 Å². The van der Waals surface area contributed by atoms with E-state index < -0.39 is 5.91 Å². The number of nitrogens with zero attached hydrogens (tertiary/aromatic N) is 5. The van der Waals surface area contributed by atoms with E-state index in [-0.39, 0.29) is 35.5 Å². The summed E-state index contributed by atoms with van der Waals surface area (Å²) in [7, 11) is 1.79. The average Bonchev–Trinajstić information content (AvgIpc) is 3.45. The Hall–Kier alpha value is -3.86. The Morgan fingerprint density at radius 1 is 1.13 bits per heavy atom. The van der Waals surface area contributed by atoms with E-state index in [1.165, 1.54) is 20.9 Å². The predicted octanol–water partition coefficient (Wildman–Crippen LogP) is 4.65. The minimum absolute atomic E-state index is 0.0649. The summed E-state index contributed by atoms with van der Waals surface area (Å²) in [4.78, 5) is 49.0. The van der Waals surface area contributed by atoms with E-state index in [0.29, 0.717) is 21.1 Å². The number of amides is 2. The van der Waals surface area contributed by atoms with Gasteiger partial charge in [0.1, 0.15) is 10.5 Å². The third-order valence-electron chi connectivity index (χ3n) is 6.31. The van der Waals surface area contributed by atoms with Gasteiger partial charge >= 0.3 is 0 Å². The van der Waals surface area contributed by atoms with Crippen molar-refractivity contribution in [2.45, 2.75) is 24.7 Å². The van der Waals surface area contributed by atoms with Gasteiger partial charge in [-0.25, -0.2) is 20.0 Å². The number of hydrogen-bond acceptors (Lipinski definition) is 7. The lowest BCUT2D eigenvalue weighted by molar-refractivity contribution is -0.116. The van der Waals surface area contributed by atoms with Gasteiger partial charge in [-0.15, -0.1) is 17.9 Å². The molecule has 0 saturated carbocycles. The summed E-state index contributed by atoms with van der Waals surface area (Å²) >= 11 is 2.52. The van der Waals surface area contributed by atoms with E-state index in [1.807, 2.05) is 73.0 Å². The van der Waals surface area contributed by atoms with Gasteiger partial charge in [-0.2, -0.15) is 0 Å². The molecule has 10 heteroatoms. The van der Waals surface area contributed by atoms with Crippen LogP contribution in [-0.2, 0) is 16.1 Å². The molecule has 0 N–H and O–H groups in total. The number of aromatic nitrogens is 2. The summed E-state index contributed by atoms with van der Waals surface area (Å²) in [5.41, 5.74) is 2.48. The standard InChI is InChI=1S/C28H25N5O3S2/c1-4-15-32-26(35)23-21(19-11-7-5-8-12-19)16-37-25(23)30-28(32)38-17-22(34)29-24-18(2)31(3)33(27(24)36)20-13-9-6-10-14-20/h4-14,16,18H,1,15,17H2,2-3H3. The van der Waals surface area contributed by atoms with Crippen LogP contribution < -0.4 is 10.6 Å². The van der Waals surface area contributed by atoms with E-state index in [0.717, 1.165) is 22.9 Å². The molecule has 0 bridgehead atoms. The smallest absolute Gasteiger partial charge is 0.283 e. The molecule has 5 rings (SSSR count). The predicted molar refractivity (Wildman–Crippen MR) is 154 cm³/mol. The van der Waals surface area contributed by atoms with E-state index in [4.69, 9.17) is 4.98 Å². The number of hydrazine groups is 1. The zero-order valence-electron chi connectivity index (χ0n) is 20.9. The van der Waals surface area contributed by atoms with Crippen LogP contribution in [0.4, 0.5) is 5.69 Å². The molecule has 2 aromatic heterocycles. The zero-order valence-corrected chi connectivity index (χ0v) is 22.5. The van der Waals surface area contributed by atoms with Crippen LogP contribution in [0.1, 0.15) is 6.92 Å². The topological polar surface area (TPSA) is 87.9 Å². The van der Waals surface area contributed by atoms with Gasteiger partial charge in [0, 0.05) is 24.5 Å². The molecule has 8 nitrogen and oxygen atoms in total. The Bertz CT molecular complexity index is 1610. The molecule has 2 aromatic carbocycles. The third kappa shape index (κ3) is 4.73. The number of fused-ring (bicyclic) bond motifs is 1. The number of hydrogen-bond donors (Lipinski definition) is 0. The number of aliphatic imine (C=N–C) groups is 1. The monoisotopic (exact) mass is 543 g/mol.